The van der Waals surface area contributed by atoms with Crippen molar-refractivity contribution in [2.45, 2.75) is 88.3 Å². The van der Waals surface area contributed by atoms with E-state index in [1.54, 1.807) is 0 Å². The zero-order valence-corrected chi connectivity index (χ0v) is 17.4. The number of aliphatic hydroxyl groups is 1. The number of amides is 1. The van der Waals surface area contributed by atoms with Gasteiger partial charge in [0.15, 0.2) is 0 Å². The summed E-state index contributed by atoms with van der Waals surface area (Å²) in [6.45, 7) is 4.27. The highest BCUT2D eigenvalue weighted by Gasteiger charge is 2.54. The molecule has 4 fully saturated rings. The van der Waals surface area contributed by atoms with E-state index in [-0.39, 0.29) is 23.9 Å². The van der Waals surface area contributed by atoms with Crippen molar-refractivity contribution in [2.24, 2.45) is 0 Å². The average molecular weight is 401 g/mol. The van der Waals surface area contributed by atoms with Gasteiger partial charge in [-0.15, -0.1) is 0 Å². The Labute approximate surface area is 171 Å². The maximum Gasteiger partial charge on any atom is 0.223 e. The van der Waals surface area contributed by atoms with Crippen LogP contribution in [-0.4, -0.2) is 38.6 Å². The minimum Gasteiger partial charge on any atom is -0.390 e. The normalized spacial score (nSPS) is 30.4. The lowest BCUT2D eigenvalue weighted by Gasteiger charge is -2.58. The number of hydrogen-bond acceptors (Lipinski definition) is 2. The zero-order valence-electron chi connectivity index (χ0n) is 16.7. The van der Waals surface area contributed by atoms with Crippen molar-refractivity contribution < 1.29 is 9.90 Å². The topological polar surface area (TPSA) is 56.3 Å². The SMILES string of the molecule is CCC1CC2(O)CC(C2)N1C(=O)CC(C)c1c[nH]c2ccc(Cl)c(C3CC3)c12. The highest BCUT2D eigenvalue weighted by atomic mass is 35.5. The van der Waals surface area contributed by atoms with Crippen LogP contribution in [0.4, 0.5) is 0 Å². The Kier molecular flexibility index (Phi) is 4.29. The third kappa shape index (κ3) is 2.88. The molecule has 2 saturated carbocycles. The van der Waals surface area contributed by atoms with Gasteiger partial charge in [-0.25, -0.2) is 0 Å². The second-order valence-corrected chi connectivity index (χ2v) is 9.77. The molecule has 0 radical (unpaired) electrons. The molecule has 2 unspecified atom stereocenters. The second kappa shape index (κ2) is 6.50. The molecule has 0 spiro atoms. The van der Waals surface area contributed by atoms with Crippen LogP contribution in [0.15, 0.2) is 18.3 Å². The van der Waals surface area contributed by atoms with Gasteiger partial charge in [0.05, 0.1) is 5.60 Å². The summed E-state index contributed by atoms with van der Waals surface area (Å²) in [5.74, 6) is 0.930. The van der Waals surface area contributed by atoms with Crippen molar-refractivity contribution in [1.82, 2.24) is 9.88 Å². The van der Waals surface area contributed by atoms with Crippen molar-refractivity contribution in [3.05, 3.63) is 34.5 Å². The summed E-state index contributed by atoms with van der Waals surface area (Å²) < 4.78 is 0. The van der Waals surface area contributed by atoms with Gasteiger partial charge in [-0.3, -0.25) is 4.79 Å². The fourth-order valence-electron chi connectivity index (χ4n) is 5.65. The predicted molar refractivity (Wildman–Crippen MR) is 112 cm³/mol. The maximum atomic E-state index is 13.3. The van der Waals surface area contributed by atoms with Crippen molar-refractivity contribution >= 4 is 28.4 Å². The molecule has 2 atom stereocenters. The van der Waals surface area contributed by atoms with Gasteiger partial charge in [0.1, 0.15) is 0 Å². The molecule has 4 nitrogen and oxygen atoms in total. The monoisotopic (exact) mass is 400 g/mol. The zero-order chi connectivity index (χ0) is 19.6. The van der Waals surface area contributed by atoms with Crippen LogP contribution in [0.5, 0.6) is 0 Å². The number of aromatic amines is 1. The Hall–Kier alpha value is -1.52. The number of nitrogens with one attached hydrogen (secondary N) is 1. The molecular formula is C23H29ClN2O2. The Morgan fingerprint density at radius 3 is 2.79 bits per heavy atom. The van der Waals surface area contributed by atoms with E-state index in [9.17, 15) is 9.90 Å². The van der Waals surface area contributed by atoms with Gasteiger partial charge in [-0.1, -0.05) is 25.4 Å². The first kappa shape index (κ1) is 18.5. The lowest BCUT2D eigenvalue weighted by atomic mass is 9.66. The van der Waals surface area contributed by atoms with Gasteiger partial charge in [0.2, 0.25) is 5.91 Å². The molecule has 1 aromatic heterocycles. The van der Waals surface area contributed by atoms with Gasteiger partial charge < -0.3 is 15.0 Å². The molecule has 2 aliphatic carbocycles. The standard InChI is InChI=1S/C23H29ClN2O2/c1-3-15-9-23(28)10-16(11-23)26(15)20(27)8-13(2)17-12-25-19-7-6-18(24)21(22(17)19)14-4-5-14/h6-7,12-16,25,28H,3-5,8-11H2,1-2H3. The number of piperidine rings is 2. The van der Waals surface area contributed by atoms with Crippen LogP contribution < -0.4 is 0 Å². The van der Waals surface area contributed by atoms with Crippen molar-refractivity contribution in [3.63, 3.8) is 0 Å². The molecule has 5 heteroatoms. The van der Waals surface area contributed by atoms with Crippen LogP contribution in [0.25, 0.3) is 10.9 Å². The molecule has 1 amide bonds. The summed E-state index contributed by atoms with van der Waals surface area (Å²) in [5, 5.41) is 12.5. The summed E-state index contributed by atoms with van der Waals surface area (Å²) in [4.78, 5) is 18.7. The number of benzene rings is 1. The van der Waals surface area contributed by atoms with E-state index in [1.165, 1.54) is 29.4 Å². The quantitative estimate of drug-likeness (QED) is 0.733. The number of fused-ring (bicyclic) bond motifs is 3. The van der Waals surface area contributed by atoms with Crippen LogP contribution in [0, 0.1) is 0 Å². The molecule has 2 N–H and O–H groups in total. The highest BCUT2D eigenvalue weighted by Crippen LogP contribution is 2.49. The molecule has 2 aromatic rings. The minimum atomic E-state index is -0.513. The molecular weight excluding hydrogens is 372 g/mol. The number of halogens is 1. The van der Waals surface area contributed by atoms with Gasteiger partial charge in [-0.2, -0.15) is 0 Å². The summed E-state index contributed by atoms with van der Waals surface area (Å²) >= 11 is 6.56. The average Bonchev–Trinajstić information content (AvgIpc) is 3.38. The Bertz CT molecular complexity index is 926. The summed E-state index contributed by atoms with van der Waals surface area (Å²) in [7, 11) is 0. The third-order valence-corrected chi connectivity index (χ3v) is 7.58. The number of rotatable bonds is 5. The molecule has 2 bridgehead atoms. The van der Waals surface area contributed by atoms with Crippen LogP contribution in [0.2, 0.25) is 5.02 Å². The van der Waals surface area contributed by atoms with E-state index in [2.05, 4.69) is 36.0 Å². The molecule has 3 heterocycles. The van der Waals surface area contributed by atoms with Crippen LogP contribution in [-0.2, 0) is 4.79 Å². The highest BCUT2D eigenvalue weighted by molar-refractivity contribution is 6.32. The van der Waals surface area contributed by atoms with Gasteiger partial charge in [-0.05, 0) is 73.6 Å². The molecule has 1 aromatic carbocycles. The first-order valence-corrected chi connectivity index (χ1v) is 11.1. The van der Waals surface area contributed by atoms with Crippen molar-refractivity contribution in [2.75, 3.05) is 0 Å². The minimum absolute atomic E-state index is 0.135. The Morgan fingerprint density at radius 1 is 1.36 bits per heavy atom. The molecule has 2 saturated heterocycles. The van der Waals surface area contributed by atoms with E-state index in [0.29, 0.717) is 12.3 Å². The first-order valence-electron chi connectivity index (χ1n) is 10.7. The maximum absolute atomic E-state index is 13.3. The first-order chi connectivity index (χ1) is 13.4. The summed E-state index contributed by atoms with van der Waals surface area (Å²) in [5.41, 5.74) is 3.08. The number of aromatic nitrogens is 1. The fraction of sp³-hybridized carbons (Fsp3) is 0.609. The summed E-state index contributed by atoms with van der Waals surface area (Å²) in [6.07, 6.45) is 8.12. The fourth-order valence-corrected chi connectivity index (χ4v) is 5.97. The molecule has 4 aliphatic rings. The number of H-pyrrole nitrogens is 1. The van der Waals surface area contributed by atoms with E-state index in [0.717, 1.165) is 36.2 Å². The van der Waals surface area contributed by atoms with Gasteiger partial charge in [0.25, 0.3) is 0 Å². The van der Waals surface area contributed by atoms with Crippen molar-refractivity contribution in [3.8, 4) is 0 Å². The Balaban J connectivity index is 1.41. The van der Waals surface area contributed by atoms with E-state index >= 15 is 0 Å². The van der Waals surface area contributed by atoms with Crippen LogP contribution >= 0.6 is 11.6 Å². The number of carbonyl (C=O) groups excluding carboxylic acids is 1. The molecule has 6 rings (SSSR count). The van der Waals surface area contributed by atoms with Crippen LogP contribution in [0.3, 0.4) is 0 Å². The van der Waals surface area contributed by atoms with Gasteiger partial charge >= 0.3 is 0 Å². The predicted octanol–water partition coefficient (Wildman–Crippen LogP) is 5.10. The molecule has 2 aliphatic heterocycles. The summed E-state index contributed by atoms with van der Waals surface area (Å²) in [6, 6.07) is 4.44. The lowest BCUT2D eigenvalue weighted by molar-refractivity contribution is -0.178. The van der Waals surface area contributed by atoms with E-state index in [1.807, 2.05) is 6.07 Å². The largest absolute Gasteiger partial charge is 0.390 e. The third-order valence-electron chi connectivity index (χ3n) is 7.25. The number of carbonyl (C=O) groups is 1. The Morgan fingerprint density at radius 2 is 2.11 bits per heavy atom. The van der Waals surface area contributed by atoms with E-state index < -0.39 is 5.60 Å². The lowest BCUT2D eigenvalue weighted by Crippen LogP contribution is -2.67. The molecule has 150 valence electrons. The van der Waals surface area contributed by atoms with Gasteiger partial charge in [0, 0.05) is 40.6 Å². The van der Waals surface area contributed by atoms with E-state index in [4.69, 9.17) is 11.6 Å². The van der Waals surface area contributed by atoms with Crippen molar-refractivity contribution in [1.29, 1.82) is 0 Å². The van der Waals surface area contributed by atoms with Crippen LogP contribution in [0.1, 0.15) is 81.8 Å². The second-order valence-electron chi connectivity index (χ2n) is 9.36. The smallest absolute Gasteiger partial charge is 0.223 e. The number of hydrogen-bond donors (Lipinski definition) is 2. The molecule has 28 heavy (non-hydrogen) atoms. The number of nitrogens with zero attached hydrogens (tertiary/aromatic N) is 1.